The third-order valence-corrected chi connectivity index (χ3v) is 4.10. The molecule has 2 fully saturated rings. The zero-order chi connectivity index (χ0) is 15.8. The van der Waals surface area contributed by atoms with Crippen LogP contribution >= 0.6 is 0 Å². The normalized spacial score (nSPS) is 32.9. The summed E-state index contributed by atoms with van der Waals surface area (Å²) >= 11 is 0. The van der Waals surface area contributed by atoms with Crippen LogP contribution in [0.1, 0.15) is 40.5 Å². The molecular weight excluding hydrogens is 274 g/mol. The summed E-state index contributed by atoms with van der Waals surface area (Å²) in [7, 11) is 1.58. The van der Waals surface area contributed by atoms with Crippen molar-refractivity contribution in [2.75, 3.05) is 13.7 Å². The van der Waals surface area contributed by atoms with Crippen LogP contribution in [0.4, 0.5) is 0 Å². The van der Waals surface area contributed by atoms with Crippen LogP contribution in [0.2, 0.25) is 0 Å². The molecule has 0 bridgehead atoms. The summed E-state index contributed by atoms with van der Waals surface area (Å²) in [5.74, 6) is -1.37. The molecule has 21 heavy (non-hydrogen) atoms. The Morgan fingerprint density at radius 3 is 2.62 bits per heavy atom. The molecule has 1 N–H and O–H groups in total. The number of nitrogens with zero attached hydrogens (tertiary/aromatic N) is 1. The summed E-state index contributed by atoms with van der Waals surface area (Å²) in [6.07, 6.45) is 1.33. The highest BCUT2D eigenvalue weighted by Gasteiger charge is 2.52. The van der Waals surface area contributed by atoms with Crippen molar-refractivity contribution in [1.82, 2.24) is 4.90 Å². The number of hydrogen-bond donors (Lipinski definition) is 1. The molecule has 0 radical (unpaired) electrons. The lowest BCUT2D eigenvalue weighted by atomic mass is 9.96. The molecule has 0 aliphatic carbocycles. The van der Waals surface area contributed by atoms with Gasteiger partial charge in [0, 0.05) is 19.7 Å². The summed E-state index contributed by atoms with van der Waals surface area (Å²) in [6, 6.07) is 0.0691. The number of epoxide rings is 1. The van der Waals surface area contributed by atoms with Crippen molar-refractivity contribution in [3.8, 4) is 0 Å². The van der Waals surface area contributed by atoms with Crippen LogP contribution in [0, 0.1) is 5.92 Å². The minimum absolute atomic E-state index is 0.0691. The van der Waals surface area contributed by atoms with E-state index in [4.69, 9.17) is 14.2 Å². The number of carboxylic acid groups (broad SMARTS) is 1. The number of likely N-dealkylation sites (tertiary alicyclic amines) is 1. The standard InChI is InChI=1S/C15H27NO5/c1-9(13(17)18)11(19-5)10-7-6-8-16(10)12-14(20-12)21-15(2,3)4/h9-12,14H,6-8H2,1-5H3,(H,17,18)/t9-,10+,11-,12?,14?/m1/s1. The molecule has 2 unspecified atom stereocenters. The summed E-state index contributed by atoms with van der Waals surface area (Å²) in [4.78, 5) is 13.4. The molecule has 0 spiro atoms. The van der Waals surface area contributed by atoms with Gasteiger partial charge in [-0.15, -0.1) is 0 Å². The maximum Gasteiger partial charge on any atom is 0.308 e. The number of carbonyl (C=O) groups is 1. The summed E-state index contributed by atoms with van der Waals surface area (Å²) < 4.78 is 16.9. The Balaban J connectivity index is 1.99. The van der Waals surface area contributed by atoms with E-state index < -0.39 is 11.9 Å². The number of rotatable bonds is 6. The zero-order valence-corrected chi connectivity index (χ0v) is 13.5. The predicted molar refractivity (Wildman–Crippen MR) is 76.8 cm³/mol. The van der Waals surface area contributed by atoms with Crippen molar-refractivity contribution in [2.24, 2.45) is 5.92 Å². The van der Waals surface area contributed by atoms with Crippen LogP contribution in [0.5, 0.6) is 0 Å². The summed E-state index contributed by atoms with van der Waals surface area (Å²) in [5.41, 5.74) is -0.246. The van der Waals surface area contributed by atoms with Gasteiger partial charge >= 0.3 is 5.97 Å². The van der Waals surface area contributed by atoms with E-state index in [1.165, 1.54) is 0 Å². The first-order chi connectivity index (χ1) is 9.74. The molecule has 0 aromatic rings. The maximum absolute atomic E-state index is 11.2. The number of methoxy groups -OCH3 is 1. The lowest BCUT2D eigenvalue weighted by Crippen LogP contribution is -2.47. The van der Waals surface area contributed by atoms with Gasteiger partial charge in [-0.1, -0.05) is 0 Å². The lowest BCUT2D eigenvalue weighted by Gasteiger charge is -2.32. The lowest BCUT2D eigenvalue weighted by molar-refractivity contribution is -0.148. The fourth-order valence-electron chi connectivity index (χ4n) is 3.08. The fraction of sp³-hybridized carbons (Fsp3) is 0.933. The molecule has 0 aromatic carbocycles. The van der Waals surface area contributed by atoms with E-state index in [1.54, 1.807) is 14.0 Å². The highest BCUT2D eigenvalue weighted by Crippen LogP contribution is 2.37. The third-order valence-electron chi connectivity index (χ3n) is 4.10. The van der Waals surface area contributed by atoms with E-state index in [-0.39, 0.29) is 30.3 Å². The van der Waals surface area contributed by atoms with Gasteiger partial charge < -0.3 is 19.3 Å². The molecule has 2 rings (SSSR count). The van der Waals surface area contributed by atoms with Crippen LogP contribution < -0.4 is 0 Å². The van der Waals surface area contributed by atoms with E-state index in [1.807, 2.05) is 20.8 Å². The van der Waals surface area contributed by atoms with Gasteiger partial charge in [0.05, 0.1) is 17.6 Å². The van der Waals surface area contributed by atoms with Gasteiger partial charge in [0.25, 0.3) is 0 Å². The van der Waals surface area contributed by atoms with Gasteiger partial charge in [-0.2, -0.15) is 0 Å². The molecule has 5 atom stereocenters. The maximum atomic E-state index is 11.2. The molecule has 0 amide bonds. The van der Waals surface area contributed by atoms with Crippen LogP contribution in [0.3, 0.4) is 0 Å². The van der Waals surface area contributed by atoms with Crippen LogP contribution in [-0.2, 0) is 19.0 Å². The molecule has 2 heterocycles. The molecule has 6 heteroatoms. The van der Waals surface area contributed by atoms with Crippen LogP contribution in [0.15, 0.2) is 0 Å². The molecular formula is C15H27NO5. The average molecular weight is 301 g/mol. The van der Waals surface area contributed by atoms with E-state index in [9.17, 15) is 9.90 Å². The summed E-state index contributed by atoms with van der Waals surface area (Å²) in [6.45, 7) is 8.59. The largest absolute Gasteiger partial charge is 0.481 e. The van der Waals surface area contributed by atoms with E-state index >= 15 is 0 Å². The minimum atomic E-state index is -0.826. The van der Waals surface area contributed by atoms with Crippen molar-refractivity contribution in [2.45, 2.75) is 70.8 Å². The molecule has 2 saturated heterocycles. The van der Waals surface area contributed by atoms with Crippen molar-refractivity contribution in [1.29, 1.82) is 0 Å². The first-order valence-corrected chi connectivity index (χ1v) is 7.59. The Labute approximate surface area is 126 Å². The van der Waals surface area contributed by atoms with Gasteiger partial charge in [-0.3, -0.25) is 9.69 Å². The van der Waals surface area contributed by atoms with Gasteiger partial charge in [0.15, 0.2) is 12.5 Å². The Morgan fingerprint density at radius 2 is 2.10 bits per heavy atom. The third kappa shape index (κ3) is 3.94. The molecule has 2 aliphatic rings. The quantitative estimate of drug-likeness (QED) is 0.753. The van der Waals surface area contributed by atoms with E-state index in [0.717, 1.165) is 19.4 Å². The Bertz CT molecular complexity index is 381. The second-order valence-corrected chi connectivity index (χ2v) is 6.90. The summed E-state index contributed by atoms with van der Waals surface area (Å²) in [5, 5.41) is 9.23. The van der Waals surface area contributed by atoms with Crippen molar-refractivity contribution < 1.29 is 24.1 Å². The van der Waals surface area contributed by atoms with Crippen molar-refractivity contribution >= 4 is 5.97 Å². The van der Waals surface area contributed by atoms with Gasteiger partial charge in [0.2, 0.25) is 0 Å². The Kier molecular flexibility index (Phi) is 4.92. The monoisotopic (exact) mass is 301 g/mol. The first-order valence-electron chi connectivity index (χ1n) is 7.59. The second-order valence-electron chi connectivity index (χ2n) is 6.90. The van der Waals surface area contributed by atoms with E-state index in [2.05, 4.69) is 4.90 Å². The number of hydrogen-bond acceptors (Lipinski definition) is 5. The molecule has 6 nitrogen and oxygen atoms in total. The first kappa shape index (κ1) is 16.7. The van der Waals surface area contributed by atoms with Gasteiger partial charge in [-0.25, -0.2) is 0 Å². The van der Waals surface area contributed by atoms with Crippen LogP contribution in [0.25, 0.3) is 0 Å². The predicted octanol–water partition coefficient (Wildman–Crippen LogP) is 1.68. The molecule has 0 saturated carbocycles. The van der Waals surface area contributed by atoms with Crippen LogP contribution in [-0.4, -0.2) is 59.9 Å². The smallest absolute Gasteiger partial charge is 0.308 e. The minimum Gasteiger partial charge on any atom is -0.481 e. The molecule has 122 valence electrons. The Hall–Kier alpha value is -0.690. The number of aliphatic carboxylic acids is 1. The Morgan fingerprint density at radius 1 is 1.43 bits per heavy atom. The second kappa shape index (κ2) is 6.20. The van der Waals surface area contributed by atoms with E-state index in [0.29, 0.717) is 0 Å². The van der Waals surface area contributed by atoms with Gasteiger partial charge in [0.1, 0.15) is 0 Å². The average Bonchev–Trinajstić information content (AvgIpc) is 2.93. The SMILES string of the molecule is CO[C@H]([C@@H](C)C(=O)O)[C@@H]1CCCN1C1OC1OC(C)(C)C. The highest BCUT2D eigenvalue weighted by atomic mass is 16.8. The molecule has 2 aliphatic heterocycles. The van der Waals surface area contributed by atoms with Crippen molar-refractivity contribution in [3.05, 3.63) is 0 Å². The van der Waals surface area contributed by atoms with Crippen molar-refractivity contribution in [3.63, 3.8) is 0 Å². The highest BCUT2D eigenvalue weighted by molar-refractivity contribution is 5.70. The molecule has 0 aromatic heterocycles. The number of carboxylic acids is 1. The fourth-order valence-corrected chi connectivity index (χ4v) is 3.08. The van der Waals surface area contributed by atoms with Gasteiger partial charge in [-0.05, 0) is 40.5 Å². The number of ether oxygens (including phenoxy) is 3. The zero-order valence-electron chi connectivity index (χ0n) is 13.5. The topological polar surface area (TPSA) is 71.5 Å².